The van der Waals surface area contributed by atoms with Gasteiger partial charge in [0.1, 0.15) is 18.6 Å². The number of hydrogen-bond donors (Lipinski definition) is 0. The van der Waals surface area contributed by atoms with Crippen LogP contribution in [0.15, 0.2) is 18.2 Å². The average Bonchev–Trinajstić information content (AvgIpc) is 2.26. The molecular weight excluding hydrogens is 216 g/mol. The highest BCUT2D eigenvalue weighted by molar-refractivity contribution is 6.32. The number of carbonyl (C=O) groups is 1. The minimum absolute atomic E-state index is 0.00631. The average molecular weight is 229 g/mol. The molecule has 4 heteroatoms. The zero-order valence-electron chi connectivity index (χ0n) is 8.70. The van der Waals surface area contributed by atoms with Gasteiger partial charge in [0, 0.05) is 12.7 Å². The van der Waals surface area contributed by atoms with Crippen LogP contribution in [-0.2, 0) is 4.74 Å². The number of aldehydes is 1. The van der Waals surface area contributed by atoms with Crippen molar-refractivity contribution in [1.29, 1.82) is 0 Å². The van der Waals surface area contributed by atoms with Gasteiger partial charge < -0.3 is 9.47 Å². The lowest BCUT2D eigenvalue weighted by Gasteiger charge is -2.12. The van der Waals surface area contributed by atoms with E-state index in [0.717, 1.165) is 6.29 Å². The highest BCUT2D eigenvalue weighted by atomic mass is 35.5. The highest BCUT2D eigenvalue weighted by Gasteiger charge is 2.05. The number of ether oxygens (including phenoxy) is 2. The van der Waals surface area contributed by atoms with Gasteiger partial charge >= 0.3 is 0 Å². The molecule has 0 fully saturated rings. The van der Waals surface area contributed by atoms with Gasteiger partial charge in [-0.2, -0.15) is 0 Å². The maximum Gasteiger partial charge on any atom is 0.150 e. The molecule has 0 amide bonds. The van der Waals surface area contributed by atoms with Crippen LogP contribution < -0.4 is 4.74 Å². The summed E-state index contributed by atoms with van der Waals surface area (Å²) in [6, 6.07) is 4.90. The first kappa shape index (κ1) is 12.0. The highest BCUT2D eigenvalue weighted by Crippen LogP contribution is 2.25. The van der Waals surface area contributed by atoms with Gasteiger partial charge in [0.15, 0.2) is 0 Å². The van der Waals surface area contributed by atoms with Gasteiger partial charge in [0.05, 0.1) is 11.1 Å². The molecule has 1 aromatic carbocycles. The molecule has 1 aromatic rings. The first-order valence-electron chi connectivity index (χ1n) is 4.57. The Bertz CT molecular complexity index is 339. The maximum atomic E-state index is 10.5. The standard InChI is InChI=1S/C11H13ClO3/c1-8(14-2)7-15-11-4-3-9(6-13)5-10(11)12/h3-6,8H,7H2,1-2H3. The second-order valence-electron chi connectivity index (χ2n) is 3.17. The van der Waals surface area contributed by atoms with Crippen LogP contribution in [-0.4, -0.2) is 26.1 Å². The Kier molecular flexibility index (Phi) is 4.59. The molecule has 0 N–H and O–H groups in total. The molecule has 15 heavy (non-hydrogen) atoms. The number of hydrogen-bond acceptors (Lipinski definition) is 3. The van der Waals surface area contributed by atoms with Crippen LogP contribution in [0.4, 0.5) is 0 Å². The third kappa shape index (κ3) is 3.53. The van der Waals surface area contributed by atoms with E-state index < -0.39 is 0 Å². The lowest BCUT2D eigenvalue weighted by molar-refractivity contribution is 0.0717. The Morgan fingerprint density at radius 1 is 1.53 bits per heavy atom. The Hall–Kier alpha value is -1.06. The smallest absolute Gasteiger partial charge is 0.150 e. The van der Waals surface area contributed by atoms with Gasteiger partial charge in [-0.1, -0.05) is 11.6 Å². The quantitative estimate of drug-likeness (QED) is 0.727. The van der Waals surface area contributed by atoms with Gasteiger partial charge in [-0.25, -0.2) is 0 Å². The lowest BCUT2D eigenvalue weighted by atomic mass is 10.2. The van der Waals surface area contributed by atoms with E-state index in [1.165, 1.54) is 0 Å². The Balaban J connectivity index is 2.65. The summed E-state index contributed by atoms with van der Waals surface area (Å²) >= 11 is 5.91. The first-order chi connectivity index (χ1) is 7.17. The third-order valence-corrected chi connectivity index (χ3v) is 2.26. The molecule has 1 atom stereocenters. The fourth-order valence-corrected chi connectivity index (χ4v) is 1.23. The molecule has 1 unspecified atom stereocenters. The summed E-state index contributed by atoms with van der Waals surface area (Å²) in [4.78, 5) is 10.5. The van der Waals surface area contributed by atoms with Crippen molar-refractivity contribution in [2.24, 2.45) is 0 Å². The molecule has 0 radical (unpaired) electrons. The van der Waals surface area contributed by atoms with Crippen LogP contribution in [0.1, 0.15) is 17.3 Å². The molecule has 0 aliphatic heterocycles. The molecular formula is C11H13ClO3. The first-order valence-corrected chi connectivity index (χ1v) is 4.95. The van der Waals surface area contributed by atoms with E-state index >= 15 is 0 Å². The minimum atomic E-state index is 0.00631. The van der Waals surface area contributed by atoms with Crippen molar-refractivity contribution >= 4 is 17.9 Å². The van der Waals surface area contributed by atoms with Crippen molar-refractivity contribution in [2.45, 2.75) is 13.0 Å². The number of halogens is 1. The van der Waals surface area contributed by atoms with Gasteiger partial charge in [0.2, 0.25) is 0 Å². The Morgan fingerprint density at radius 3 is 2.80 bits per heavy atom. The van der Waals surface area contributed by atoms with Crippen molar-refractivity contribution in [3.8, 4) is 5.75 Å². The molecule has 0 heterocycles. The summed E-state index contributed by atoms with van der Waals surface area (Å²) in [5.41, 5.74) is 0.534. The number of benzene rings is 1. The van der Waals surface area contributed by atoms with Crippen molar-refractivity contribution in [3.05, 3.63) is 28.8 Å². The zero-order chi connectivity index (χ0) is 11.3. The van der Waals surface area contributed by atoms with Crippen LogP contribution in [0.2, 0.25) is 5.02 Å². The van der Waals surface area contributed by atoms with Crippen LogP contribution in [0.3, 0.4) is 0 Å². The summed E-state index contributed by atoms with van der Waals surface area (Å²) in [5, 5.41) is 0.433. The van der Waals surface area contributed by atoms with Gasteiger partial charge in [-0.05, 0) is 25.1 Å². The molecule has 0 aliphatic carbocycles. The van der Waals surface area contributed by atoms with Crippen molar-refractivity contribution in [1.82, 2.24) is 0 Å². The van der Waals surface area contributed by atoms with Crippen molar-refractivity contribution < 1.29 is 14.3 Å². The van der Waals surface area contributed by atoms with E-state index in [2.05, 4.69) is 0 Å². The molecule has 1 rings (SSSR count). The number of carbonyl (C=O) groups excluding carboxylic acids is 1. The van der Waals surface area contributed by atoms with Crippen LogP contribution in [0.5, 0.6) is 5.75 Å². The van der Waals surface area contributed by atoms with Crippen LogP contribution in [0.25, 0.3) is 0 Å². The SMILES string of the molecule is COC(C)COc1ccc(C=O)cc1Cl. The predicted molar refractivity (Wildman–Crippen MR) is 58.8 cm³/mol. The molecule has 0 bridgehead atoms. The van der Waals surface area contributed by atoms with Gasteiger partial charge in [-0.15, -0.1) is 0 Å². The number of methoxy groups -OCH3 is 1. The summed E-state index contributed by atoms with van der Waals surface area (Å²) in [6.07, 6.45) is 0.750. The second kappa shape index (κ2) is 5.73. The predicted octanol–water partition coefficient (Wildman–Crippen LogP) is 2.57. The monoisotopic (exact) mass is 228 g/mol. The molecule has 0 aromatic heterocycles. The molecule has 0 aliphatic rings. The van der Waals surface area contributed by atoms with E-state index in [-0.39, 0.29) is 6.10 Å². The van der Waals surface area contributed by atoms with Gasteiger partial charge in [-0.3, -0.25) is 4.79 Å². The van der Waals surface area contributed by atoms with E-state index in [0.29, 0.717) is 22.9 Å². The second-order valence-corrected chi connectivity index (χ2v) is 3.57. The summed E-state index contributed by atoms with van der Waals surface area (Å²) in [6.45, 7) is 2.32. The molecule has 0 spiro atoms. The van der Waals surface area contributed by atoms with Crippen LogP contribution in [0, 0.1) is 0 Å². The van der Waals surface area contributed by atoms with E-state index in [1.807, 2.05) is 6.92 Å². The zero-order valence-corrected chi connectivity index (χ0v) is 9.45. The largest absolute Gasteiger partial charge is 0.489 e. The van der Waals surface area contributed by atoms with Crippen molar-refractivity contribution in [3.63, 3.8) is 0 Å². The lowest BCUT2D eigenvalue weighted by Crippen LogP contribution is -2.16. The van der Waals surface area contributed by atoms with Crippen LogP contribution >= 0.6 is 11.6 Å². The molecule has 3 nitrogen and oxygen atoms in total. The maximum absolute atomic E-state index is 10.5. The molecule has 0 saturated carbocycles. The third-order valence-electron chi connectivity index (χ3n) is 1.97. The summed E-state index contributed by atoms with van der Waals surface area (Å²) in [7, 11) is 1.62. The Morgan fingerprint density at radius 2 is 2.27 bits per heavy atom. The Labute approximate surface area is 93.9 Å². The normalized spacial score (nSPS) is 12.2. The van der Waals surface area contributed by atoms with E-state index in [9.17, 15) is 4.79 Å². The number of rotatable bonds is 5. The minimum Gasteiger partial charge on any atom is -0.489 e. The fraction of sp³-hybridized carbons (Fsp3) is 0.364. The molecule has 82 valence electrons. The fourth-order valence-electron chi connectivity index (χ4n) is 0.983. The topological polar surface area (TPSA) is 35.5 Å². The summed E-state index contributed by atoms with van der Waals surface area (Å²) < 4.78 is 10.4. The molecule has 0 saturated heterocycles. The summed E-state index contributed by atoms with van der Waals surface area (Å²) in [5.74, 6) is 0.561. The van der Waals surface area contributed by atoms with Gasteiger partial charge in [0.25, 0.3) is 0 Å². The van der Waals surface area contributed by atoms with E-state index in [4.69, 9.17) is 21.1 Å². The van der Waals surface area contributed by atoms with E-state index in [1.54, 1.807) is 25.3 Å². The van der Waals surface area contributed by atoms with Crippen molar-refractivity contribution in [2.75, 3.05) is 13.7 Å².